The highest BCUT2D eigenvalue weighted by Crippen LogP contribution is 2.21. The number of ether oxygens (including phenoxy) is 1. The fourth-order valence-corrected chi connectivity index (χ4v) is 2.41. The molecule has 0 unspecified atom stereocenters. The van der Waals surface area contributed by atoms with Crippen molar-refractivity contribution in [3.63, 3.8) is 0 Å². The SMILES string of the molecule is CC(C)(C)OC([O-])=NCC(=O)N1CCS[C@@H]1C=O. The third-order valence-electron chi connectivity index (χ3n) is 2.10. The molecule has 0 aliphatic carbocycles. The van der Waals surface area contributed by atoms with Crippen molar-refractivity contribution in [2.75, 3.05) is 18.8 Å². The summed E-state index contributed by atoms with van der Waals surface area (Å²) in [5, 5.41) is 10.8. The lowest BCUT2D eigenvalue weighted by molar-refractivity contribution is -0.260. The van der Waals surface area contributed by atoms with E-state index in [4.69, 9.17) is 4.74 Å². The third-order valence-corrected chi connectivity index (χ3v) is 3.23. The Hall–Kier alpha value is -1.24. The van der Waals surface area contributed by atoms with Crippen LogP contribution in [0, 0.1) is 0 Å². The molecule has 0 bridgehead atoms. The second-order valence-corrected chi connectivity index (χ2v) is 6.01. The average molecular weight is 273 g/mol. The Balaban J connectivity index is 2.50. The number of carbonyl (C=O) groups is 2. The van der Waals surface area contributed by atoms with Crippen LogP contribution in [-0.2, 0) is 14.3 Å². The maximum Gasteiger partial charge on any atom is 0.245 e. The van der Waals surface area contributed by atoms with Crippen LogP contribution >= 0.6 is 11.8 Å². The van der Waals surface area contributed by atoms with Gasteiger partial charge in [0.25, 0.3) is 0 Å². The first-order valence-electron chi connectivity index (χ1n) is 5.60. The first-order valence-corrected chi connectivity index (χ1v) is 6.65. The summed E-state index contributed by atoms with van der Waals surface area (Å²) in [6.45, 7) is 5.40. The van der Waals surface area contributed by atoms with Gasteiger partial charge >= 0.3 is 0 Å². The highest BCUT2D eigenvalue weighted by molar-refractivity contribution is 8.00. The molecule has 6 nitrogen and oxygen atoms in total. The highest BCUT2D eigenvalue weighted by atomic mass is 32.2. The molecule has 102 valence electrons. The van der Waals surface area contributed by atoms with Crippen molar-refractivity contribution in [1.82, 2.24) is 4.90 Å². The van der Waals surface area contributed by atoms with Crippen LogP contribution in [0.1, 0.15) is 20.8 Å². The number of carbonyl (C=O) groups excluding carboxylic acids is 2. The largest absolute Gasteiger partial charge is 0.595 e. The number of rotatable bonds is 3. The number of amides is 1. The first-order chi connectivity index (χ1) is 8.33. The van der Waals surface area contributed by atoms with Crippen molar-refractivity contribution in [2.45, 2.75) is 31.7 Å². The summed E-state index contributed by atoms with van der Waals surface area (Å²) >= 11 is 1.40. The maximum atomic E-state index is 11.7. The van der Waals surface area contributed by atoms with E-state index >= 15 is 0 Å². The maximum absolute atomic E-state index is 11.7. The fraction of sp³-hybridized carbons (Fsp3) is 0.727. The lowest BCUT2D eigenvalue weighted by Gasteiger charge is -2.29. The molecule has 0 spiro atoms. The molecule has 0 N–H and O–H groups in total. The van der Waals surface area contributed by atoms with Gasteiger partial charge in [-0.15, -0.1) is 11.8 Å². The van der Waals surface area contributed by atoms with E-state index < -0.39 is 17.1 Å². The van der Waals surface area contributed by atoms with Gasteiger partial charge in [-0.25, -0.2) is 0 Å². The molecule has 7 heteroatoms. The van der Waals surface area contributed by atoms with Crippen LogP contribution in [0.2, 0.25) is 0 Å². The molecule has 1 saturated heterocycles. The molecule has 1 aliphatic heterocycles. The summed E-state index contributed by atoms with van der Waals surface area (Å²) in [7, 11) is 0. The molecule has 0 aromatic carbocycles. The zero-order valence-electron chi connectivity index (χ0n) is 10.7. The predicted octanol–water partition coefficient (Wildman–Crippen LogP) is -0.382. The summed E-state index contributed by atoms with van der Waals surface area (Å²) in [5.41, 5.74) is -0.627. The Bertz CT molecular complexity index is 351. The van der Waals surface area contributed by atoms with E-state index in [9.17, 15) is 14.7 Å². The zero-order valence-corrected chi connectivity index (χ0v) is 11.5. The van der Waals surface area contributed by atoms with Gasteiger partial charge in [0.05, 0.1) is 0 Å². The first kappa shape index (κ1) is 14.8. The Kier molecular flexibility index (Phi) is 5.01. The molecule has 0 saturated carbocycles. The minimum Gasteiger partial charge on any atom is -0.595 e. The monoisotopic (exact) mass is 273 g/mol. The second-order valence-electron chi connectivity index (χ2n) is 4.78. The second kappa shape index (κ2) is 6.08. The van der Waals surface area contributed by atoms with Gasteiger partial charge < -0.3 is 19.5 Å². The standard InChI is InChI=1S/C11H18N2O4S/c1-11(2,3)17-10(16)12-6-8(15)13-4-5-18-9(13)7-14/h7,9H,4-6H2,1-3H3,(H,12,16)/p-1/t9-/m1/s1. The lowest BCUT2D eigenvalue weighted by Crippen LogP contribution is -2.38. The predicted molar refractivity (Wildman–Crippen MR) is 67.2 cm³/mol. The van der Waals surface area contributed by atoms with E-state index in [2.05, 4.69) is 4.99 Å². The van der Waals surface area contributed by atoms with Crippen molar-refractivity contribution in [2.24, 2.45) is 4.99 Å². The van der Waals surface area contributed by atoms with E-state index in [-0.39, 0.29) is 12.5 Å². The van der Waals surface area contributed by atoms with Crippen LogP contribution in [0.4, 0.5) is 0 Å². The molecule has 1 fully saturated rings. The van der Waals surface area contributed by atoms with Crippen LogP contribution in [0.15, 0.2) is 4.99 Å². The topological polar surface area (TPSA) is 82.0 Å². The van der Waals surface area contributed by atoms with Gasteiger partial charge in [0.15, 0.2) is 6.29 Å². The molecule has 1 atom stereocenters. The number of hydrogen-bond donors (Lipinski definition) is 0. The van der Waals surface area contributed by atoms with Gasteiger partial charge in [-0.1, -0.05) is 20.8 Å². The summed E-state index contributed by atoms with van der Waals surface area (Å²) < 4.78 is 4.95. The molecule has 0 aromatic rings. The Morgan fingerprint density at radius 1 is 1.61 bits per heavy atom. The van der Waals surface area contributed by atoms with Gasteiger partial charge in [0.1, 0.15) is 18.0 Å². The number of aliphatic imine (C=N–C) groups is 1. The van der Waals surface area contributed by atoms with Crippen molar-refractivity contribution in [1.29, 1.82) is 0 Å². The third kappa shape index (κ3) is 4.56. The Morgan fingerprint density at radius 3 is 2.83 bits per heavy atom. The van der Waals surface area contributed by atoms with Crippen LogP contribution in [-0.4, -0.2) is 53.0 Å². The summed E-state index contributed by atoms with van der Waals surface area (Å²) in [6, 6.07) is 0. The molecule has 18 heavy (non-hydrogen) atoms. The van der Waals surface area contributed by atoms with E-state index in [0.717, 1.165) is 12.0 Å². The van der Waals surface area contributed by atoms with Crippen molar-refractivity contribution in [3.05, 3.63) is 0 Å². The molecule has 1 amide bonds. The molecule has 0 radical (unpaired) electrons. The van der Waals surface area contributed by atoms with Crippen LogP contribution in [0.5, 0.6) is 0 Å². The number of thioether (sulfide) groups is 1. The molecular weight excluding hydrogens is 256 g/mol. The van der Waals surface area contributed by atoms with Gasteiger partial charge in [0.2, 0.25) is 5.91 Å². The molecule has 1 rings (SSSR count). The van der Waals surface area contributed by atoms with E-state index in [1.54, 1.807) is 20.8 Å². The number of hydrogen-bond acceptors (Lipinski definition) is 6. The fourth-order valence-electron chi connectivity index (χ4n) is 1.39. The highest BCUT2D eigenvalue weighted by Gasteiger charge is 2.28. The quantitative estimate of drug-likeness (QED) is 0.397. The van der Waals surface area contributed by atoms with Gasteiger partial charge in [0, 0.05) is 17.9 Å². The van der Waals surface area contributed by atoms with Gasteiger partial charge in [-0.3, -0.25) is 9.79 Å². The number of aldehydes is 1. The van der Waals surface area contributed by atoms with Crippen molar-refractivity contribution in [3.8, 4) is 0 Å². The number of nitrogens with zero attached hydrogens (tertiary/aromatic N) is 2. The summed E-state index contributed by atoms with van der Waals surface area (Å²) in [4.78, 5) is 27.4. The molecular formula is C11H17N2O4S-. The summed E-state index contributed by atoms with van der Waals surface area (Å²) in [6.07, 6.45) is -0.0337. The molecule has 0 aromatic heterocycles. The summed E-state index contributed by atoms with van der Waals surface area (Å²) in [5.74, 6) is 0.393. The van der Waals surface area contributed by atoms with E-state index in [1.807, 2.05) is 0 Å². The molecule has 1 aliphatic rings. The minimum atomic E-state index is -0.759. The van der Waals surface area contributed by atoms with E-state index in [1.165, 1.54) is 16.7 Å². The molecule has 1 heterocycles. The Labute approximate surface area is 110 Å². The zero-order chi connectivity index (χ0) is 13.8. The Morgan fingerprint density at radius 2 is 2.28 bits per heavy atom. The van der Waals surface area contributed by atoms with Crippen LogP contribution < -0.4 is 5.11 Å². The van der Waals surface area contributed by atoms with Crippen LogP contribution in [0.3, 0.4) is 0 Å². The van der Waals surface area contributed by atoms with Gasteiger partial charge in [-0.2, -0.15) is 0 Å². The smallest absolute Gasteiger partial charge is 0.245 e. The van der Waals surface area contributed by atoms with Crippen molar-refractivity contribution < 1.29 is 19.4 Å². The lowest BCUT2D eigenvalue weighted by atomic mass is 10.2. The average Bonchev–Trinajstić information content (AvgIpc) is 2.71. The van der Waals surface area contributed by atoms with E-state index in [0.29, 0.717) is 6.54 Å². The van der Waals surface area contributed by atoms with Gasteiger partial charge in [-0.05, 0) is 0 Å². The van der Waals surface area contributed by atoms with Crippen molar-refractivity contribution >= 4 is 30.0 Å². The minimum absolute atomic E-state index is 0.278. The normalized spacial score (nSPS) is 20.9. The van der Waals surface area contributed by atoms with Crippen LogP contribution in [0.25, 0.3) is 0 Å².